The molecular weight excluding hydrogens is 334 g/mol. The van der Waals surface area contributed by atoms with Gasteiger partial charge in [-0.15, -0.1) is 0 Å². The van der Waals surface area contributed by atoms with Gasteiger partial charge < -0.3 is 5.11 Å². The van der Waals surface area contributed by atoms with Gasteiger partial charge in [-0.05, 0) is 24.7 Å². The Morgan fingerprint density at radius 2 is 1.29 bits per heavy atom. The number of aliphatic hydroxyl groups is 1. The summed E-state index contributed by atoms with van der Waals surface area (Å²) in [5.41, 5.74) is -4.60. The van der Waals surface area contributed by atoms with Crippen LogP contribution in [0.4, 0.5) is 26.3 Å². The number of halogens is 6. The molecule has 24 heavy (non-hydrogen) atoms. The molecule has 0 rings (SSSR count). The molecule has 0 spiro atoms. The highest BCUT2D eigenvalue weighted by atomic mass is 19.4. The highest BCUT2D eigenvalue weighted by molar-refractivity contribution is 4.93. The van der Waals surface area contributed by atoms with Crippen LogP contribution in [0, 0.1) is 11.8 Å². The zero-order chi connectivity index (χ0) is 19.0. The first-order valence-electron chi connectivity index (χ1n) is 8.74. The summed E-state index contributed by atoms with van der Waals surface area (Å²) >= 11 is 0. The second kappa shape index (κ2) is 9.88. The molecule has 0 aromatic carbocycles. The summed E-state index contributed by atoms with van der Waals surface area (Å²) in [7, 11) is 0. The van der Waals surface area contributed by atoms with Gasteiger partial charge in [0.1, 0.15) is 0 Å². The molecule has 0 bridgehead atoms. The molecule has 0 saturated carbocycles. The number of hydrogen-bond acceptors (Lipinski definition) is 1. The van der Waals surface area contributed by atoms with Crippen LogP contribution in [0.5, 0.6) is 0 Å². The Labute approximate surface area is 140 Å². The van der Waals surface area contributed by atoms with E-state index in [0.29, 0.717) is 5.92 Å². The summed E-state index contributed by atoms with van der Waals surface area (Å²) in [5.74, 6) is 0.692. The minimum absolute atomic E-state index is 0.116. The molecule has 0 aliphatic carbocycles. The van der Waals surface area contributed by atoms with E-state index >= 15 is 0 Å². The van der Waals surface area contributed by atoms with E-state index in [9.17, 15) is 26.3 Å². The van der Waals surface area contributed by atoms with E-state index in [2.05, 4.69) is 13.8 Å². The standard InChI is InChI=1S/C17H30F6O/c1-4-8-14(10-6-9-13(3)5-2)11-7-12-15(24,16(18,19)20)17(21,22)23/h13-14,24H,4-12H2,1-3H3. The molecule has 1 N–H and O–H groups in total. The van der Waals surface area contributed by atoms with Gasteiger partial charge in [0.25, 0.3) is 5.60 Å². The lowest BCUT2D eigenvalue weighted by Crippen LogP contribution is -2.56. The van der Waals surface area contributed by atoms with Crippen molar-refractivity contribution in [2.45, 2.75) is 96.5 Å². The maximum Gasteiger partial charge on any atom is 0.426 e. The maximum absolute atomic E-state index is 12.6. The number of alkyl halides is 6. The minimum atomic E-state index is -5.71. The zero-order valence-corrected chi connectivity index (χ0v) is 14.7. The average molecular weight is 364 g/mol. The first kappa shape index (κ1) is 23.5. The van der Waals surface area contributed by atoms with Gasteiger partial charge in [0, 0.05) is 0 Å². The van der Waals surface area contributed by atoms with Gasteiger partial charge in [-0.2, -0.15) is 26.3 Å². The lowest BCUT2D eigenvalue weighted by Gasteiger charge is -2.32. The zero-order valence-electron chi connectivity index (χ0n) is 14.7. The van der Waals surface area contributed by atoms with Crippen LogP contribution in [0.2, 0.25) is 0 Å². The molecule has 2 unspecified atom stereocenters. The van der Waals surface area contributed by atoms with Gasteiger partial charge in [-0.25, -0.2) is 0 Å². The molecule has 1 nitrogen and oxygen atoms in total. The summed E-state index contributed by atoms with van der Waals surface area (Å²) in [6.45, 7) is 6.16. The molecule has 0 aliphatic rings. The molecule has 0 aromatic heterocycles. The van der Waals surface area contributed by atoms with Crippen molar-refractivity contribution in [3.05, 3.63) is 0 Å². The molecule has 0 aromatic rings. The second-order valence-corrected chi connectivity index (χ2v) is 6.85. The molecule has 0 fully saturated rings. The van der Waals surface area contributed by atoms with Crippen molar-refractivity contribution in [3.63, 3.8) is 0 Å². The first-order valence-corrected chi connectivity index (χ1v) is 8.74. The number of rotatable bonds is 11. The minimum Gasteiger partial charge on any atom is -0.374 e. The van der Waals surface area contributed by atoms with Crippen LogP contribution in [-0.4, -0.2) is 23.1 Å². The summed E-state index contributed by atoms with van der Waals surface area (Å²) in [6.07, 6.45) is -7.29. The summed E-state index contributed by atoms with van der Waals surface area (Å²) < 4.78 is 75.8. The van der Waals surface area contributed by atoms with Crippen LogP contribution in [-0.2, 0) is 0 Å². The molecule has 0 saturated heterocycles. The van der Waals surface area contributed by atoms with E-state index in [1.165, 1.54) is 0 Å². The van der Waals surface area contributed by atoms with E-state index in [1.807, 2.05) is 6.92 Å². The second-order valence-electron chi connectivity index (χ2n) is 6.85. The number of hydrogen-bond donors (Lipinski definition) is 1. The molecule has 7 heteroatoms. The lowest BCUT2D eigenvalue weighted by atomic mass is 9.87. The molecular formula is C17H30F6O. The Kier molecular flexibility index (Phi) is 9.69. The third-order valence-electron chi connectivity index (χ3n) is 4.79. The molecule has 146 valence electrons. The molecule has 2 atom stereocenters. The Balaban J connectivity index is 4.58. The van der Waals surface area contributed by atoms with Crippen molar-refractivity contribution in [1.29, 1.82) is 0 Å². The quantitative estimate of drug-likeness (QED) is 0.407. The van der Waals surface area contributed by atoms with Crippen LogP contribution in [0.3, 0.4) is 0 Å². The van der Waals surface area contributed by atoms with Crippen LogP contribution < -0.4 is 0 Å². The smallest absolute Gasteiger partial charge is 0.374 e. The van der Waals surface area contributed by atoms with Gasteiger partial charge in [0.2, 0.25) is 0 Å². The summed E-state index contributed by atoms with van der Waals surface area (Å²) in [6, 6.07) is 0. The van der Waals surface area contributed by atoms with Crippen LogP contribution in [0.1, 0.15) is 78.6 Å². The predicted molar refractivity (Wildman–Crippen MR) is 82.6 cm³/mol. The van der Waals surface area contributed by atoms with Crippen molar-refractivity contribution in [2.24, 2.45) is 11.8 Å². The fourth-order valence-electron chi connectivity index (χ4n) is 2.89. The van der Waals surface area contributed by atoms with Crippen molar-refractivity contribution < 1.29 is 31.4 Å². The van der Waals surface area contributed by atoms with E-state index in [0.717, 1.165) is 38.5 Å². The Hall–Kier alpha value is -0.460. The molecule has 0 heterocycles. The van der Waals surface area contributed by atoms with E-state index in [1.54, 1.807) is 0 Å². The Morgan fingerprint density at radius 1 is 0.792 bits per heavy atom. The van der Waals surface area contributed by atoms with Crippen molar-refractivity contribution in [2.75, 3.05) is 0 Å². The fourth-order valence-corrected chi connectivity index (χ4v) is 2.89. The predicted octanol–water partition coefficient (Wildman–Crippen LogP) is 6.65. The van der Waals surface area contributed by atoms with E-state index in [-0.39, 0.29) is 18.8 Å². The molecule has 0 aliphatic heterocycles. The van der Waals surface area contributed by atoms with Crippen molar-refractivity contribution in [1.82, 2.24) is 0 Å². The highest BCUT2D eigenvalue weighted by Gasteiger charge is 2.69. The monoisotopic (exact) mass is 364 g/mol. The highest BCUT2D eigenvalue weighted by Crippen LogP contribution is 2.46. The first-order chi connectivity index (χ1) is 10.9. The normalized spacial score (nSPS) is 16.2. The van der Waals surface area contributed by atoms with Crippen LogP contribution >= 0.6 is 0 Å². The Bertz CT molecular complexity index is 323. The molecule has 0 amide bonds. The van der Waals surface area contributed by atoms with Gasteiger partial charge in [0.05, 0.1) is 0 Å². The summed E-state index contributed by atoms with van der Waals surface area (Å²) in [4.78, 5) is 0. The SMILES string of the molecule is CCCC(CCCC(C)CC)CCCC(O)(C(F)(F)F)C(F)(F)F. The summed E-state index contributed by atoms with van der Waals surface area (Å²) in [5, 5.41) is 9.16. The third kappa shape index (κ3) is 7.19. The van der Waals surface area contributed by atoms with Crippen molar-refractivity contribution in [3.8, 4) is 0 Å². The van der Waals surface area contributed by atoms with E-state index < -0.39 is 24.4 Å². The van der Waals surface area contributed by atoms with Gasteiger partial charge in [-0.1, -0.05) is 65.7 Å². The van der Waals surface area contributed by atoms with Crippen LogP contribution in [0.15, 0.2) is 0 Å². The van der Waals surface area contributed by atoms with Gasteiger partial charge in [-0.3, -0.25) is 0 Å². The Morgan fingerprint density at radius 3 is 1.71 bits per heavy atom. The van der Waals surface area contributed by atoms with Crippen LogP contribution in [0.25, 0.3) is 0 Å². The largest absolute Gasteiger partial charge is 0.426 e. The van der Waals surface area contributed by atoms with Gasteiger partial charge >= 0.3 is 12.4 Å². The third-order valence-corrected chi connectivity index (χ3v) is 4.79. The topological polar surface area (TPSA) is 20.2 Å². The fraction of sp³-hybridized carbons (Fsp3) is 1.00. The van der Waals surface area contributed by atoms with Gasteiger partial charge in [0.15, 0.2) is 0 Å². The van der Waals surface area contributed by atoms with Crippen molar-refractivity contribution >= 4 is 0 Å². The average Bonchev–Trinajstić information content (AvgIpc) is 2.44. The molecule has 0 radical (unpaired) electrons. The maximum atomic E-state index is 12.6. The van der Waals surface area contributed by atoms with E-state index in [4.69, 9.17) is 5.11 Å². The lowest BCUT2D eigenvalue weighted by molar-refractivity contribution is -0.370.